The van der Waals surface area contributed by atoms with Crippen molar-refractivity contribution in [3.05, 3.63) is 71.3 Å². The number of nitrogens with zero attached hydrogens (tertiary/aromatic N) is 1. The Labute approximate surface area is 130 Å². The molecule has 0 fully saturated rings. The van der Waals surface area contributed by atoms with Gasteiger partial charge in [0.1, 0.15) is 0 Å². The second kappa shape index (κ2) is 6.46. The van der Waals surface area contributed by atoms with Crippen LogP contribution in [-0.2, 0) is 0 Å². The fourth-order valence-corrected chi connectivity index (χ4v) is 2.60. The predicted octanol–water partition coefficient (Wildman–Crippen LogP) is 2.97. The van der Waals surface area contributed by atoms with Gasteiger partial charge in [0.15, 0.2) is 6.23 Å². The molecule has 22 heavy (non-hydrogen) atoms. The lowest BCUT2D eigenvalue weighted by Crippen LogP contribution is -2.28. The number of aliphatic hydroxyl groups excluding tert-OH is 1. The van der Waals surface area contributed by atoms with E-state index in [9.17, 15) is 9.90 Å². The Morgan fingerprint density at radius 3 is 2.55 bits per heavy atom. The van der Waals surface area contributed by atoms with Crippen molar-refractivity contribution in [1.82, 2.24) is 4.90 Å². The van der Waals surface area contributed by atoms with Crippen molar-refractivity contribution in [2.45, 2.75) is 19.1 Å². The normalized spacial score (nSPS) is 16.1. The van der Waals surface area contributed by atoms with Crippen LogP contribution in [0.1, 0.15) is 40.6 Å². The summed E-state index contributed by atoms with van der Waals surface area (Å²) in [6, 6.07) is 17.0. The number of carbonyl (C=O) groups excluding carboxylic acids is 1. The van der Waals surface area contributed by atoms with Gasteiger partial charge in [-0.1, -0.05) is 48.2 Å². The molecule has 0 aliphatic carbocycles. The Morgan fingerprint density at radius 2 is 1.77 bits per heavy atom. The molecule has 1 atom stereocenters. The van der Waals surface area contributed by atoms with Gasteiger partial charge in [0.05, 0.1) is 0 Å². The first-order chi connectivity index (χ1) is 10.8. The van der Waals surface area contributed by atoms with Crippen LogP contribution in [0.5, 0.6) is 0 Å². The summed E-state index contributed by atoms with van der Waals surface area (Å²) < 4.78 is 0. The molecule has 2 aromatic rings. The number of benzene rings is 2. The Bertz CT molecular complexity index is 728. The van der Waals surface area contributed by atoms with Crippen LogP contribution < -0.4 is 0 Å². The maximum absolute atomic E-state index is 12.2. The highest BCUT2D eigenvalue weighted by atomic mass is 16.3. The van der Waals surface area contributed by atoms with E-state index in [1.54, 1.807) is 12.1 Å². The zero-order valence-electron chi connectivity index (χ0n) is 12.2. The second-order valence-corrected chi connectivity index (χ2v) is 5.23. The summed E-state index contributed by atoms with van der Waals surface area (Å²) in [6.45, 7) is 0.512. The largest absolute Gasteiger partial charge is 0.369 e. The number of unbranched alkanes of at least 4 members (excludes halogenated alkanes) is 1. The summed E-state index contributed by atoms with van der Waals surface area (Å²) in [5, 5.41) is 10.2. The average Bonchev–Trinajstić information content (AvgIpc) is 2.81. The molecule has 0 spiro atoms. The molecular weight excluding hydrogens is 274 g/mol. The van der Waals surface area contributed by atoms with Gasteiger partial charge >= 0.3 is 0 Å². The van der Waals surface area contributed by atoms with E-state index in [-0.39, 0.29) is 5.91 Å². The number of carbonyl (C=O) groups is 1. The molecule has 1 aliphatic heterocycles. The van der Waals surface area contributed by atoms with Gasteiger partial charge in [-0.05, 0) is 24.6 Å². The van der Waals surface area contributed by atoms with E-state index in [1.165, 1.54) is 4.90 Å². The standard InChI is InChI=1S/C19H17NO2/c21-18-16-12-6-7-13-17(16)19(22)20(18)14-8-2-5-11-15-9-3-1-4-10-15/h1,3-4,6-7,9-10,12-13,18,21H,2,8,14H2. The van der Waals surface area contributed by atoms with Gasteiger partial charge in [0.25, 0.3) is 5.91 Å². The Hall–Kier alpha value is -2.57. The minimum atomic E-state index is -0.828. The lowest BCUT2D eigenvalue weighted by molar-refractivity contribution is 0.0174. The smallest absolute Gasteiger partial charge is 0.256 e. The third-order valence-electron chi connectivity index (χ3n) is 3.73. The van der Waals surface area contributed by atoms with E-state index in [0.29, 0.717) is 24.1 Å². The van der Waals surface area contributed by atoms with E-state index in [1.807, 2.05) is 42.5 Å². The van der Waals surface area contributed by atoms with Crippen molar-refractivity contribution in [1.29, 1.82) is 0 Å². The van der Waals surface area contributed by atoms with Crippen LogP contribution >= 0.6 is 0 Å². The van der Waals surface area contributed by atoms with Gasteiger partial charge in [0.2, 0.25) is 0 Å². The number of aliphatic hydroxyl groups is 1. The Kier molecular flexibility index (Phi) is 4.22. The number of amides is 1. The molecule has 1 aliphatic rings. The molecule has 0 saturated heterocycles. The molecule has 0 aromatic heterocycles. The highest BCUT2D eigenvalue weighted by molar-refractivity contribution is 5.98. The molecule has 1 unspecified atom stereocenters. The molecule has 3 heteroatoms. The third-order valence-corrected chi connectivity index (χ3v) is 3.73. The fourth-order valence-electron chi connectivity index (χ4n) is 2.60. The first-order valence-corrected chi connectivity index (χ1v) is 7.39. The maximum Gasteiger partial charge on any atom is 0.256 e. The van der Waals surface area contributed by atoms with Crippen LogP contribution in [-0.4, -0.2) is 22.5 Å². The number of fused-ring (bicyclic) bond motifs is 1. The Morgan fingerprint density at radius 1 is 1.05 bits per heavy atom. The minimum Gasteiger partial charge on any atom is -0.369 e. The predicted molar refractivity (Wildman–Crippen MR) is 85.0 cm³/mol. The van der Waals surface area contributed by atoms with Crippen molar-refractivity contribution in [2.75, 3.05) is 6.54 Å². The molecule has 0 saturated carbocycles. The molecule has 0 radical (unpaired) electrons. The molecule has 1 heterocycles. The highest BCUT2D eigenvalue weighted by Crippen LogP contribution is 2.31. The molecule has 1 amide bonds. The molecule has 2 aromatic carbocycles. The molecule has 0 bridgehead atoms. The quantitative estimate of drug-likeness (QED) is 0.697. The summed E-state index contributed by atoms with van der Waals surface area (Å²) in [4.78, 5) is 13.7. The van der Waals surface area contributed by atoms with E-state index >= 15 is 0 Å². The summed E-state index contributed by atoms with van der Waals surface area (Å²) >= 11 is 0. The summed E-state index contributed by atoms with van der Waals surface area (Å²) in [5.41, 5.74) is 2.29. The Balaban J connectivity index is 1.55. The van der Waals surface area contributed by atoms with E-state index in [4.69, 9.17) is 0 Å². The zero-order valence-corrected chi connectivity index (χ0v) is 12.2. The van der Waals surface area contributed by atoms with E-state index < -0.39 is 6.23 Å². The molecule has 3 nitrogen and oxygen atoms in total. The van der Waals surface area contributed by atoms with Crippen molar-refractivity contribution in [3.8, 4) is 11.8 Å². The number of hydrogen-bond acceptors (Lipinski definition) is 2. The van der Waals surface area contributed by atoms with Crippen LogP contribution in [0, 0.1) is 11.8 Å². The lowest BCUT2D eigenvalue weighted by atomic mass is 10.1. The van der Waals surface area contributed by atoms with Crippen molar-refractivity contribution >= 4 is 5.91 Å². The van der Waals surface area contributed by atoms with Crippen molar-refractivity contribution in [3.63, 3.8) is 0 Å². The second-order valence-electron chi connectivity index (χ2n) is 5.23. The van der Waals surface area contributed by atoms with Crippen LogP contribution in [0.2, 0.25) is 0 Å². The molecule has 3 rings (SSSR count). The van der Waals surface area contributed by atoms with Crippen LogP contribution in [0.4, 0.5) is 0 Å². The molecule has 110 valence electrons. The number of rotatable bonds is 3. The maximum atomic E-state index is 12.2. The van der Waals surface area contributed by atoms with E-state index in [0.717, 1.165) is 12.0 Å². The fraction of sp³-hybridized carbons (Fsp3) is 0.211. The van der Waals surface area contributed by atoms with Gasteiger partial charge in [-0.3, -0.25) is 4.79 Å². The molecular formula is C19H17NO2. The van der Waals surface area contributed by atoms with Gasteiger partial charge in [0, 0.05) is 29.7 Å². The third kappa shape index (κ3) is 2.88. The van der Waals surface area contributed by atoms with Crippen LogP contribution in [0.25, 0.3) is 0 Å². The van der Waals surface area contributed by atoms with Crippen molar-refractivity contribution in [2.24, 2.45) is 0 Å². The molecule has 1 N–H and O–H groups in total. The van der Waals surface area contributed by atoms with Crippen LogP contribution in [0.15, 0.2) is 54.6 Å². The SMILES string of the molecule is O=C1c2ccccc2C(O)N1CCCC#Cc1ccccc1. The number of hydrogen-bond donors (Lipinski definition) is 1. The van der Waals surface area contributed by atoms with Gasteiger partial charge < -0.3 is 10.0 Å². The summed E-state index contributed by atoms with van der Waals surface area (Å²) in [6.07, 6.45) is 0.615. The first kappa shape index (κ1) is 14.4. The zero-order chi connectivity index (χ0) is 15.4. The lowest BCUT2D eigenvalue weighted by Gasteiger charge is -2.20. The first-order valence-electron chi connectivity index (χ1n) is 7.39. The summed E-state index contributed by atoms with van der Waals surface area (Å²) in [7, 11) is 0. The van der Waals surface area contributed by atoms with Crippen LogP contribution in [0.3, 0.4) is 0 Å². The topological polar surface area (TPSA) is 40.5 Å². The van der Waals surface area contributed by atoms with Crippen molar-refractivity contribution < 1.29 is 9.90 Å². The van der Waals surface area contributed by atoms with E-state index in [2.05, 4.69) is 11.8 Å². The van der Waals surface area contributed by atoms with Gasteiger partial charge in [-0.25, -0.2) is 0 Å². The van der Waals surface area contributed by atoms with Gasteiger partial charge in [-0.15, -0.1) is 0 Å². The monoisotopic (exact) mass is 291 g/mol. The summed E-state index contributed by atoms with van der Waals surface area (Å²) in [5.74, 6) is 6.10. The van der Waals surface area contributed by atoms with Gasteiger partial charge in [-0.2, -0.15) is 0 Å². The average molecular weight is 291 g/mol. The minimum absolute atomic E-state index is 0.0980. The highest BCUT2D eigenvalue weighted by Gasteiger charge is 2.34.